The molecule has 7 nitrogen and oxygen atoms in total. The van der Waals surface area contributed by atoms with E-state index in [0.717, 1.165) is 18.1 Å². The van der Waals surface area contributed by atoms with Gasteiger partial charge < -0.3 is 32.7 Å². The zero-order valence-electron chi connectivity index (χ0n) is 33.2. The lowest BCUT2D eigenvalue weighted by molar-refractivity contribution is -0.896. The number of phosphoric acid groups is 1. The monoisotopic (exact) mass is 690 g/mol. The first-order valence-electron chi connectivity index (χ1n) is 20.0. The topological polar surface area (TPSA) is 86.2 Å². The van der Waals surface area contributed by atoms with Crippen LogP contribution in [0.2, 0.25) is 0 Å². The standard InChI is InChI=1S/3C13H28N.H3O4P/c3*1-14(2,3)13-11-9-7-5-4-6-8-10-12-13;1-5(2,3)4/h3*13H,4-12H2,1-3H3;(H3,1,2,3,4)/q3*+1;/p-3. The highest BCUT2D eigenvalue weighted by molar-refractivity contribution is 7.40. The molecule has 3 aliphatic rings. The summed E-state index contributed by atoms with van der Waals surface area (Å²) >= 11 is 0. The number of hydrogen-bond donors (Lipinski definition) is 0. The predicted molar refractivity (Wildman–Crippen MR) is 198 cm³/mol. The van der Waals surface area contributed by atoms with E-state index in [1.54, 1.807) is 0 Å². The second-order valence-corrected chi connectivity index (χ2v) is 18.8. The van der Waals surface area contributed by atoms with Crippen LogP contribution in [0.15, 0.2) is 0 Å². The molecule has 0 unspecified atom stereocenters. The number of rotatable bonds is 3. The summed E-state index contributed by atoms with van der Waals surface area (Å²) in [4.78, 5) is 25.6. The van der Waals surface area contributed by atoms with Crippen LogP contribution < -0.4 is 14.7 Å². The quantitative estimate of drug-likeness (QED) is 0.223. The summed E-state index contributed by atoms with van der Waals surface area (Å²) in [5.41, 5.74) is 0. The van der Waals surface area contributed by atoms with Gasteiger partial charge in [0.05, 0.1) is 81.6 Å². The van der Waals surface area contributed by atoms with Gasteiger partial charge in [-0.3, -0.25) is 0 Å². The Bertz CT molecular complexity index is 646. The van der Waals surface area contributed by atoms with Crippen molar-refractivity contribution in [2.45, 2.75) is 191 Å². The Morgan fingerprint density at radius 1 is 0.319 bits per heavy atom. The van der Waals surface area contributed by atoms with Crippen molar-refractivity contribution in [1.29, 1.82) is 0 Å². The van der Waals surface area contributed by atoms with Gasteiger partial charge in [0.1, 0.15) is 0 Å². The van der Waals surface area contributed by atoms with Crippen LogP contribution in [0.3, 0.4) is 0 Å². The van der Waals surface area contributed by atoms with Crippen molar-refractivity contribution in [2.24, 2.45) is 0 Å². The molecule has 3 saturated carbocycles. The second-order valence-electron chi connectivity index (χ2n) is 17.9. The van der Waals surface area contributed by atoms with Crippen molar-refractivity contribution in [3.63, 3.8) is 0 Å². The molecule has 0 spiro atoms. The maximum Gasteiger partial charge on any atom is 0.0884 e. The molecule has 284 valence electrons. The molecule has 0 N–H and O–H groups in total. The molecule has 0 saturated heterocycles. The van der Waals surface area contributed by atoms with Crippen molar-refractivity contribution >= 4 is 7.82 Å². The van der Waals surface area contributed by atoms with E-state index in [2.05, 4.69) is 63.4 Å². The predicted octanol–water partition coefficient (Wildman–Crippen LogP) is 7.93. The molecule has 0 aliphatic heterocycles. The van der Waals surface area contributed by atoms with Gasteiger partial charge in [-0.1, -0.05) is 96.3 Å². The zero-order chi connectivity index (χ0) is 35.8. The molecular formula is C39H84N3O4P. The SMILES string of the molecule is C[N+](C)(C)C1CCCCCCCCC1.C[N+](C)(C)C1CCCCCCCCC1.C[N+](C)(C)C1CCCCCCCCC1.O=P([O-])([O-])[O-]. The molecule has 0 amide bonds. The summed E-state index contributed by atoms with van der Waals surface area (Å²) in [6.45, 7) is 0. The van der Waals surface area contributed by atoms with Crippen LogP contribution >= 0.6 is 7.82 Å². The molecule has 3 rings (SSSR count). The summed E-state index contributed by atoms with van der Waals surface area (Å²) in [7, 11) is 15.8. The van der Waals surface area contributed by atoms with Gasteiger partial charge in [-0.15, -0.1) is 0 Å². The smallest absolute Gasteiger partial charge is 0.0884 e. The fraction of sp³-hybridized carbons (Fsp3) is 1.00. The van der Waals surface area contributed by atoms with Crippen LogP contribution in [0.25, 0.3) is 0 Å². The van der Waals surface area contributed by atoms with Gasteiger partial charge in [0, 0.05) is 0 Å². The third kappa shape index (κ3) is 30.5. The highest BCUT2D eigenvalue weighted by Gasteiger charge is 2.24. The first-order valence-corrected chi connectivity index (χ1v) is 21.4. The highest BCUT2D eigenvalue weighted by Crippen LogP contribution is 2.24. The largest absolute Gasteiger partial charge is 0.822 e. The number of nitrogens with zero attached hydrogens (tertiary/aromatic N) is 3. The normalized spacial score (nSPS) is 22.1. The molecule has 8 heteroatoms. The van der Waals surface area contributed by atoms with Gasteiger partial charge in [0.25, 0.3) is 0 Å². The van der Waals surface area contributed by atoms with E-state index in [4.69, 9.17) is 19.2 Å². The van der Waals surface area contributed by atoms with E-state index in [-0.39, 0.29) is 0 Å². The summed E-state index contributed by atoms with van der Waals surface area (Å²) in [5.74, 6) is 0. The lowest BCUT2D eigenvalue weighted by Crippen LogP contribution is -2.45. The van der Waals surface area contributed by atoms with Crippen LogP contribution in [0.5, 0.6) is 0 Å². The molecule has 0 aromatic rings. The maximum atomic E-state index is 8.55. The highest BCUT2D eigenvalue weighted by atomic mass is 31.2. The number of hydrogen-bond acceptors (Lipinski definition) is 4. The van der Waals surface area contributed by atoms with E-state index < -0.39 is 7.82 Å². The van der Waals surface area contributed by atoms with E-state index in [9.17, 15) is 0 Å². The van der Waals surface area contributed by atoms with Crippen molar-refractivity contribution in [2.75, 3.05) is 63.4 Å². The minimum atomic E-state index is -5.39. The van der Waals surface area contributed by atoms with Gasteiger partial charge in [0.2, 0.25) is 0 Å². The lowest BCUT2D eigenvalue weighted by Gasteiger charge is -2.36. The van der Waals surface area contributed by atoms with Gasteiger partial charge in [-0.25, -0.2) is 0 Å². The van der Waals surface area contributed by atoms with Crippen LogP contribution in [-0.4, -0.2) is 95.0 Å². The van der Waals surface area contributed by atoms with Gasteiger partial charge in [-0.05, 0) is 77.0 Å². The van der Waals surface area contributed by atoms with E-state index in [1.807, 2.05) is 0 Å². The Kier molecular flexibility index (Phi) is 25.9. The average molecular weight is 690 g/mol. The Labute approximate surface area is 294 Å². The Balaban J connectivity index is 0.000000629. The molecule has 3 aliphatic carbocycles. The Morgan fingerprint density at radius 3 is 0.532 bits per heavy atom. The second kappa shape index (κ2) is 25.9. The van der Waals surface area contributed by atoms with Crippen LogP contribution in [-0.2, 0) is 4.57 Å². The lowest BCUT2D eigenvalue weighted by atomic mass is 9.96. The number of quaternary nitrogens is 3. The van der Waals surface area contributed by atoms with Gasteiger partial charge >= 0.3 is 0 Å². The maximum absolute atomic E-state index is 8.55. The summed E-state index contributed by atoms with van der Waals surface area (Å²) in [6.07, 6.45) is 39.6. The average Bonchev–Trinajstić information content (AvgIpc) is 2.95. The molecule has 0 heterocycles. The summed E-state index contributed by atoms with van der Waals surface area (Å²) < 4.78 is 12.0. The molecule has 3 fully saturated rings. The van der Waals surface area contributed by atoms with Crippen LogP contribution in [0, 0.1) is 0 Å². The third-order valence-electron chi connectivity index (χ3n) is 11.0. The Hall–Kier alpha value is -0.0100. The zero-order valence-corrected chi connectivity index (χ0v) is 34.1. The third-order valence-corrected chi connectivity index (χ3v) is 11.0. The van der Waals surface area contributed by atoms with Gasteiger partial charge in [0.15, 0.2) is 0 Å². The van der Waals surface area contributed by atoms with Crippen molar-refractivity contribution in [1.82, 2.24) is 0 Å². The molecule has 0 aromatic carbocycles. The molecular weight excluding hydrogens is 605 g/mol. The van der Waals surface area contributed by atoms with E-state index in [1.165, 1.54) is 187 Å². The van der Waals surface area contributed by atoms with Crippen molar-refractivity contribution < 1.29 is 32.7 Å². The van der Waals surface area contributed by atoms with Gasteiger partial charge in [-0.2, -0.15) is 7.82 Å². The van der Waals surface area contributed by atoms with Crippen LogP contribution in [0.1, 0.15) is 173 Å². The Morgan fingerprint density at radius 2 is 0.426 bits per heavy atom. The first-order chi connectivity index (χ1) is 21.8. The summed E-state index contributed by atoms with van der Waals surface area (Å²) in [6, 6.07) is 2.73. The van der Waals surface area contributed by atoms with E-state index >= 15 is 0 Å². The minimum absolute atomic E-state index is 0.910. The molecule has 47 heavy (non-hydrogen) atoms. The molecule has 0 atom stereocenters. The fourth-order valence-electron chi connectivity index (χ4n) is 7.69. The first kappa shape index (κ1) is 47.0. The minimum Gasteiger partial charge on any atom is -0.822 e. The molecule has 0 aromatic heterocycles. The van der Waals surface area contributed by atoms with Crippen LogP contribution in [0.4, 0.5) is 0 Å². The fourth-order valence-corrected chi connectivity index (χ4v) is 7.69. The summed E-state index contributed by atoms with van der Waals surface area (Å²) in [5, 5.41) is 0. The van der Waals surface area contributed by atoms with E-state index in [0.29, 0.717) is 0 Å². The van der Waals surface area contributed by atoms with Crippen molar-refractivity contribution in [3.05, 3.63) is 0 Å². The van der Waals surface area contributed by atoms with Crippen molar-refractivity contribution in [3.8, 4) is 0 Å². The molecule has 0 radical (unpaired) electrons. The molecule has 0 bridgehead atoms.